The zero-order chi connectivity index (χ0) is 16.1. The van der Waals surface area contributed by atoms with Gasteiger partial charge in [0, 0.05) is 5.56 Å². The van der Waals surface area contributed by atoms with Crippen LogP contribution in [0.5, 0.6) is 17.2 Å². The Labute approximate surface area is 123 Å². The SMILES string of the molecule is CC.CC.CC.Oc1cc2c(c(O)c1O)CCNCC2. The van der Waals surface area contributed by atoms with Crippen molar-refractivity contribution in [3.63, 3.8) is 0 Å². The van der Waals surface area contributed by atoms with E-state index in [1.54, 1.807) is 0 Å². The van der Waals surface area contributed by atoms with Gasteiger partial charge < -0.3 is 20.6 Å². The summed E-state index contributed by atoms with van der Waals surface area (Å²) in [6.07, 6.45) is 1.44. The van der Waals surface area contributed by atoms with Crippen molar-refractivity contribution < 1.29 is 15.3 Å². The highest BCUT2D eigenvalue weighted by molar-refractivity contribution is 5.57. The molecule has 1 aromatic carbocycles. The zero-order valence-corrected chi connectivity index (χ0v) is 13.7. The highest BCUT2D eigenvalue weighted by atomic mass is 16.3. The van der Waals surface area contributed by atoms with E-state index in [1.807, 2.05) is 41.5 Å². The van der Waals surface area contributed by atoms with Gasteiger partial charge in [0.05, 0.1) is 0 Å². The van der Waals surface area contributed by atoms with E-state index in [9.17, 15) is 15.3 Å². The quantitative estimate of drug-likeness (QED) is 0.550. The van der Waals surface area contributed by atoms with Crippen molar-refractivity contribution in [1.29, 1.82) is 0 Å². The van der Waals surface area contributed by atoms with Gasteiger partial charge >= 0.3 is 0 Å². The first-order chi connectivity index (χ1) is 9.70. The maximum Gasteiger partial charge on any atom is 0.200 e. The third kappa shape index (κ3) is 5.70. The fourth-order valence-corrected chi connectivity index (χ4v) is 1.80. The second kappa shape index (κ2) is 12.6. The summed E-state index contributed by atoms with van der Waals surface area (Å²) < 4.78 is 0. The van der Waals surface area contributed by atoms with Gasteiger partial charge in [-0.3, -0.25) is 0 Å². The molecule has 20 heavy (non-hydrogen) atoms. The Balaban J connectivity index is 0. The second-order valence-electron chi connectivity index (χ2n) is 3.48. The number of fused-ring (bicyclic) bond motifs is 1. The highest BCUT2D eigenvalue weighted by Crippen LogP contribution is 2.40. The van der Waals surface area contributed by atoms with Gasteiger partial charge in [0.15, 0.2) is 11.5 Å². The first-order valence-electron chi connectivity index (χ1n) is 7.66. The highest BCUT2D eigenvalue weighted by Gasteiger charge is 2.17. The molecule has 4 N–H and O–H groups in total. The van der Waals surface area contributed by atoms with Crippen LogP contribution in [-0.2, 0) is 12.8 Å². The van der Waals surface area contributed by atoms with Gasteiger partial charge in [0.1, 0.15) is 0 Å². The van der Waals surface area contributed by atoms with E-state index in [1.165, 1.54) is 6.07 Å². The lowest BCUT2D eigenvalue weighted by molar-refractivity contribution is 0.364. The van der Waals surface area contributed by atoms with Gasteiger partial charge in [-0.05, 0) is 37.6 Å². The molecule has 0 radical (unpaired) electrons. The molecular formula is C16H31NO3. The zero-order valence-electron chi connectivity index (χ0n) is 13.7. The molecule has 1 heterocycles. The predicted molar refractivity (Wildman–Crippen MR) is 85.8 cm³/mol. The van der Waals surface area contributed by atoms with Crippen LogP contribution in [0.4, 0.5) is 0 Å². The number of phenolic OH excluding ortho intramolecular Hbond substituents is 3. The van der Waals surface area contributed by atoms with E-state index in [0.717, 1.165) is 30.6 Å². The molecule has 0 spiro atoms. The Morgan fingerprint density at radius 2 is 1.30 bits per heavy atom. The molecule has 1 aliphatic heterocycles. The predicted octanol–water partition coefficient (Wildman–Crippen LogP) is 3.57. The summed E-state index contributed by atoms with van der Waals surface area (Å²) in [5.41, 5.74) is 1.65. The lowest BCUT2D eigenvalue weighted by atomic mass is 10.0. The fraction of sp³-hybridized carbons (Fsp3) is 0.625. The summed E-state index contributed by atoms with van der Waals surface area (Å²) in [5, 5.41) is 31.4. The van der Waals surface area contributed by atoms with Crippen molar-refractivity contribution in [1.82, 2.24) is 5.32 Å². The van der Waals surface area contributed by atoms with Crippen LogP contribution in [0.3, 0.4) is 0 Å². The van der Waals surface area contributed by atoms with Crippen molar-refractivity contribution in [3.8, 4) is 17.2 Å². The topological polar surface area (TPSA) is 72.7 Å². The monoisotopic (exact) mass is 285 g/mol. The molecule has 0 amide bonds. The molecule has 118 valence electrons. The minimum absolute atomic E-state index is 0.177. The van der Waals surface area contributed by atoms with Gasteiger partial charge in [-0.1, -0.05) is 41.5 Å². The molecule has 0 unspecified atom stereocenters. The molecule has 0 saturated heterocycles. The molecule has 0 aliphatic carbocycles. The first kappa shape index (κ1) is 20.9. The van der Waals surface area contributed by atoms with Crippen LogP contribution in [-0.4, -0.2) is 28.4 Å². The Bertz CT molecular complexity index is 365. The second-order valence-corrected chi connectivity index (χ2v) is 3.48. The van der Waals surface area contributed by atoms with Crippen molar-refractivity contribution in [2.45, 2.75) is 54.4 Å². The van der Waals surface area contributed by atoms with E-state index >= 15 is 0 Å². The first-order valence-corrected chi connectivity index (χ1v) is 7.66. The lowest BCUT2D eigenvalue weighted by Gasteiger charge is -2.10. The molecule has 0 bridgehead atoms. The summed E-state index contributed by atoms with van der Waals surface area (Å²) in [7, 11) is 0. The van der Waals surface area contributed by atoms with Gasteiger partial charge in [-0.2, -0.15) is 0 Å². The van der Waals surface area contributed by atoms with Crippen LogP contribution < -0.4 is 5.32 Å². The van der Waals surface area contributed by atoms with Crippen LogP contribution in [0.1, 0.15) is 52.7 Å². The normalized spacial score (nSPS) is 12.1. The molecule has 1 aromatic rings. The summed E-state index contributed by atoms with van der Waals surface area (Å²) in [4.78, 5) is 0. The number of nitrogens with one attached hydrogen (secondary N) is 1. The number of aromatic hydroxyl groups is 3. The molecule has 4 nitrogen and oxygen atoms in total. The third-order valence-corrected chi connectivity index (χ3v) is 2.57. The van der Waals surface area contributed by atoms with Gasteiger partial charge in [0.25, 0.3) is 0 Å². The van der Waals surface area contributed by atoms with Crippen molar-refractivity contribution in [3.05, 3.63) is 17.2 Å². The van der Waals surface area contributed by atoms with Gasteiger partial charge in [-0.15, -0.1) is 0 Å². The Kier molecular flexibility index (Phi) is 13.2. The number of phenols is 3. The molecule has 0 saturated carbocycles. The standard InChI is InChI=1S/C10H13NO3.3C2H6/c12-8-5-6-1-3-11-4-2-7(6)9(13)10(8)14;3*1-2/h5,11-14H,1-4H2;3*1-2H3. The summed E-state index contributed by atoms with van der Waals surface area (Å²) in [6.45, 7) is 13.6. The minimum Gasteiger partial charge on any atom is -0.504 e. The molecular weight excluding hydrogens is 254 g/mol. The van der Waals surface area contributed by atoms with Crippen LogP contribution in [0.15, 0.2) is 6.07 Å². The minimum atomic E-state index is -0.411. The molecule has 0 aromatic heterocycles. The van der Waals surface area contributed by atoms with Crippen molar-refractivity contribution in [2.75, 3.05) is 13.1 Å². The van der Waals surface area contributed by atoms with E-state index in [4.69, 9.17) is 0 Å². The number of rotatable bonds is 0. The molecule has 1 aliphatic rings. The number of hydrogen-bond acceptors (Lipinski definition) is 4. The summed E-state index contributed by atoms with van der Waals surface area (Å²) >= 11 is 0. The van der Waals surface area contributed by atoms with Gasteiger partial charge in [0.2, 0.25) is 5.75 Å². The van der Waals surface area contributed by atoms with Crippen LogP contribution in [0.25, 0.3) is 0 Å². The Hall–Kier alpha value is -1.42. The number of hydrogen-bond donors (Lipinski definition) is 4. The molecule has 0 fully saturated rings. The summed E-state index contributed by atoms with van der Waals surface area (Å²) in [6, 6.07) is 1.53. The van der Waals surface area contributed by atoms with Crippen molar-refractivity contribution in [2.24, 2.45) is 0 Å². The van der Waals surface area contributed by atoms with E-state index in [2.05, 4.69) is 5.32 Å². The number of benzene rings is 1. The van der Waals surface area contributed by atoms with E-state index in [0.29, 0.717) is 6.42 Å². The molecule has 4 heteroatoms. The van der Waals surface area contributed by atoms with Gasteiger partial charge in [-0.25, -0.2) is 0 Å². The lowest BCUT2D eigenvalue weighted by Crippen LogP contribution is -2.16. The van der Waals surface area contributed by atoms with E-state index in [-0.39, 0.29) is 11.5 Å². The third-order valence-electron chi connectivity index (χ3n) is 2.57. The average Bonchev–Trinajstić information content (AvgIpc) is 2.76. The molecule has 0 atom stereocenters. The van der Waals surface area contributed by atoms with E-state index < -0.39 is 5.75 Å². The maximum atomic E-state index is 9.61. The van der Waals surface area contributed by atoms with Crippen LogP contribution >= 0.6 is 0 Å². The fourth-order valence-electron chi connectivity index (χ4n) is 1.80. The average molecular weight is 285 g/mol. The maximum absolute atomic E-state index is 9.61. The smallest absolute Gasteiger partial charge is 0.200 e. The molecule has 2 rings (SSSR count). The Morgan fingerprint density at radius 1 is 0.800 bits per heavy atom. The Morgan fingerprint density at radius 3 is 1.85 bits per heavy atom. The van der Waals surface area contributed by atoms with Crippen molar-refractivity contribution >= 4 is 0 Å². The van der Waals surface area contributed by atoms with Crippen LogP contribution in [0, 0.1) is 0 Å². The summed E-state index contributed by atoms with van der Waals surface area (Å²) in [5.74, 6) is -0.836. The van der Waals surface area contributed by atoms with Crippen LogP contribution in [0.2, 0.25) is 0 Å². The largest absolute Gasteiger partial charge is 0.504 e.